The Labute approximate surface area is 159 Å². The first-order valence-corrected chi connectivity index (χ1v) is 9.18. The Morgan fingerprint density at radius 3 is 2.30 bits per heavy atom. The zero-order chi connectivity index (χ0) is 19.0. The lowest BCUT2D eigenvalue weighted by atomic mass is 10.1. The Kier molecular flexibility index (Phi) is 4.29. The molecule has 1 N–H and O–H groups in total. The second-order valence-corrected chi connectivity index (χ2v) is 7.05. The normalized spacial score (nSPS) is 13.0. The Morgan fingerprint density at radius 1 is 1.04 bits per heavy atom. The first kappa shape index (κ1) is 17.1. The minimum atomic E-state index is -0.464. The van der Waals surface area contributed by atoms with Crippen molar-refractivity contribution < 1.29 is 14.4 Å². The lowest BCUT2D eigenvalue weighted by Gasteiger charge is -2.12. The molecule has 2 heterocycles. The van der Waals surface area contributed by atoms with Crippen LogP contribution in [0, 0.1) is 6.92 Å². The van der Waals surface area contributed by atoms with E-state index in [1.54, 1.807) is 24.3 Å². The van der Waals surface area contributed by atoms with Crippen LogP contribution in [0.2, 0.25) is 0 Å². The van der Waals surface area contributed by atoms with Crippen molar-refractivity contribution >= 4 is 34.2 Å². The maximum absolute atomic E-state index is 12.3. The number of aryl methyl sites for hydroxylation is 1. The number of carbonyl (C=O) groups excluding carboxylic acids is 3. The van der Waals surface area contributed by atoms with E-state index in [0.29, 0.717) is 16.3 Å². The van der Waals surface area contributed by atoms with Crippen LogP contribution in [-0.4, -0.2) is 34.2 Å². The van der Waals surface area contributed by atoms with Crippen LogP contribution in [-0.2, 0) is 4.79 Å². The SMILES string of the molecule is Cc1ccc(-c2csc(NC(=O)CN3C(=O)c4ccccc4C3=O)n2)cc1. The van der Waals surface area contributed by atoms with Gasteiger partial charge in [0.2, 0.25) is 5.91 Å². The third kappa shape index (κ3) is 3.24. The van der Waals surface area contributed by atoms with Crippen LogP contribution in [0.1, 0.15) is 26.3 Å². The van der Waals surface area contributed by atoms with Crippen molar-refractivity contribution in [2.45, 2.75) is 6.92 Å². The van der Waals surface area contributed by atoms with E-state index in [-0.39, 0.29) is 6.54 Å². The van der Waals surface area contributed by atoms with Gasteiger partial charge in [-0.05, 0) is 19.1 Å². The van der Waals surface area contributed by atoms with E-state index >= 15 is 0 Å². The Morgan fingerprint density at radius 2 is 1.67 bits per heavy atom. The van der Waals surface area contributed by atoms with Crippen molar-refractivity contribution in [1.82, 2.24) is 9.88 Å². The van der Waals surface area contributed by atoms with Gasteiger partial charge in [-0.2, -0.15) is 0 Å². The topological polar surface area (TPSA) is 79.4 Å². The van der Waals surface area contributed by atoms with Crippen LogP contribution in [0.15, 0.2) is 53.9 Å². The summed E-state index contributed by atoms with van der Waals surface area (Å²) in [5.41, 5.74) is 3.52. The van der Waals surface area contributed by atoms with Gasteiger partial charge in [-0.15, -0.1) is 11.3 Å². The highest BCUT2D eigenvalue weighted by atomic mass is 32.1. The fourth-order valence-electron chi connectivity index (χ4n) is 2.87. The van der Waals surface area contributed by atoms with Gasteiger partial charge in [0.15, 0.2) is 5.13 Å². The summed E-state index contributed by atoms with van der Waals surface area (Å²) in [5.74, 6) is -1.37. The largest absolute Gasteiger partial charge is 0.300 e. The summed E-state index contributed by atoms with van der Waals surface area (Å²) in [4.78, 5) is 42.3. The highest BCUT2D eigenvalue weighted by Gasteiger charge is 2.36. The predicted octanol–water partition coefficient (Wildman–Crippen LogP) is 3.35. The molecular weight excluding hydrogens is 362 g/mol. The molecule has 6 nitrogen and oxygen atoms in total. The predicted molar refractivity (Wildman–Crippen MR) is 103 cm³/mol. The number of carbonyl (C=O) groups is 3. The number of anilines is 1. The molecule has 134 valence electrons. The smallest absolute Gasteiger partial charge is 0.262 e. The van der Waals surface area contributed by atoms with Gasteiger partial charge in [-0.1, -0.05) is 42.0 Å². The van der Waals surface area contributed by atoms with Crippen molar-refractivity contribution in [1.29, 1.82) is 0 Å². The van der Waals surface area contributed by atoms with Crippen molar-refractivity contribution in [2.75, 3.05) is 11.9 Å². The third-order valence-electron chi connectivity index (χ3n) is 4.28. The zero-order valence-electron chi connectivity index (χ0n) is 14.4. The van der Waals surface area contributed by atoms with Crippen LogP contribution in [0.4, 0.5) is 5.13 Å². The molecule has 2 aromatic carbocycles. The van der Waals surface area contributed by atoms with E-state index in [4.69, 9.17) is 0 Å². The van der Waals surface area contributed by atoms with Gasteiger partial charge in [0.05, 0.1) is 16.8 Å². The van der Waals surface area contributed by atoms with E-state index in [2.05, 4.69) is 10.3 Å². The Bertz CT molecular complexity index is 1020. The number of hydrogen-bond donors (Lipinski definition) is 1. The highest BCUT2D eigenvalue weighted by molar-refractivity contribution is 7.14. The Hall–Kier alpha value is -3.32. The van der Waals surface area contributed by atoms with Crippen molar-refractivity contribution in [3.8, 4) is 11.3 Å². The summed E-state index contributed by atoms with van der Waals surface area (Å²) in [7, 11) is 0. The van der Waals surface area contributed by atoms with Gasteiger partial charge in [-0.3, -0.25) is 19.3 Å². The molecule has 0 atom stereocenters. The number of nitrogens with one attached hydrogen (secondary N) is 1. The van der Waals surface area contributed by atoms with Crippen molar-refractivity contribution in [3.63, 3.8) is 0 Å². The summed E-state index contributed by atoms with van der Waals surface area (Å²) in [6.07, 6.45) is 0. The molecule has 0 saturated carbocycles. The van der Waals surface area contributed by atoms with Crippen LogP contribution < -0.4 is 5.32 Å². The molecule has 1 aromatic heterocycles. The molecule has 1 aliphatic rings. The maximum Gasteiger partial charge on any atom is 0.262 e. The van der Waals surface area contributed by atoms with Gasteiger partial charge in [0.1, 0.15) is 6.54 Å². The number of aromatic nitrogens is 1. The molecule has 4 rings (SSSR count). The number of thiazole rings is 1. The molecule has 0 saturated heterocycles. The summed E-state index contributed by atoms with van der Waals surface area (Å²) >= 11 is 1.29. The molecule has 1 aliphatic heterocycles. The first-order valence-electron chi connectivity index (χ1n) is 8.30. The summed E-state index contributed by atoms with van der Waals surface area (Å²) in [5, 5.41) is 4.93. The van der Waals surface area contributed by atoms with E-state index in [9.17, 15) is 14.4 Å². The fraction of sp³-hybridized carbons (Fsp3) is 0.100. The van der Waals surface area contributed by atoms with Crippen LogP contribution in [0.25, 0.3) is 11.3 Å². The van der Waals surface area contributed by atoms with Gasteiger partial charge < -0.3 is 5.32 Å². The zero-order valence-corrected chi connectivity index (χ0v) is 15.2. The number of benzene rings is 2. The lowest BCUT2D eigenvalue weighted by molar-refractivity contribution is -0.116. The van der Waals surface area contributed by atoms with Crippen LogP contribution >= 0.6 is 11.3 Å². The van der Waals surface area contributed by atoms with Crippen LogP contribution in [0.5, 0.6) is 0 Å². The minimum Gasteiger partial charge on any atom is -0.300 e. The number of fused-ring (bicyclic) bond motifs is 1. The first-order chi connectivity index (χ1) is 13.0. The molecule has 27 heavy (non-hydrogen) atoms. The fourth-order valence-corrected chi connectivity index (χ4v) is 3.61. The molecule has 3 amide bonds. The molecule has 7 heteroatoms. The van der Waals surface area contributed by atoms with Gasteiger partial charge in [-0.25, -0.2) is 4.98 Å². The summed E-state index contributed by atoms with van der Waals surface area (Å²) in [6, 6.07) is 14.5. The average Bonchev–Trinajstić information content (AvgIpc) is 3.22. The number of hydrogen-bond acceptors (Lipinski definition) is 5. The number of rotatable bonds is 4. The minimum absolute atomic E-state index is 0.325. The molecule has 3 aromatic rings. The number of nitrogens with zero attached hydrogens (tertiary/aromatic N) is 2. The van der Waals surface area contributed by atoms with E-state index in [1.807, 2.05) is 36.6 Å². The summed E-state index contributed by atoms with van der Waals surface area (Å²) in [6.45, 7) is 1.67. The van der Waals surface area contributed by atoms with Gasteiger partial charge >= 0.3 is 0 Å². The number of imide groups is 1. The molecule has 0 aliphatic carbocycles. The average molecular weight is 377 g/mol. The molecule has 0 unspecified atom stereocenters. The standard InChI is InChI=1S/C20H15N3O3S/c1-12-6-8-13(9-7-12)16-11-27-20(21-16)22-17(24)10-23-18(25)14-4-2-3-5-15(14)19(23)26/h2-9,11H,10H2,1H3,(H,21,22,24). The molecule has 0 bridgehead atoms. The molecule has 0 radical (unpaired) electrons. The molecule has 0 fully saturated rings. The molecule has 0 spiro atoms. The van der Waals surface area contributed by atoms with Gasteiger partial charge in [0.25, 0.3) is 11.8 Å². The van der Waals surface area contributed by atoms with Crippen molar-refractivity contribution in [3.05, 3.63) is 70.6 Å². The van der Waals surface area contributed by atoms with E-state index in [0.717, 1.165) is 21.7 Å². The van der Waals surface area contributed by atoms with Crippen molar-refractivity contribution in [2.24, 2.45) is 0 Å². The highest BCUT2D eigenvalue weighted by Crippen LogP contribution is 2.26. The summed E-state index contributed by atoms with van der Waals surface area (Å²) < 4.78 is 0. The Balaban J connectivity index is 1.44. The lowest BCUT2D eigenvalue weighted by Crippen LogP contribution is -2.37. The molecular formula is C20H15N3O3S. The van der Waals surface area contributed by atoms with Gasteiger partial charge in [0, 0.05) is 10.9 Å². The van der Waals surface area contributed by atoms with E-state index in [1.165, 1.54) is 11.3 Å². The maximum atomic E-state index is 12.3. The monoisotopic (exact) mass is 377 g/mol. The quantitative estimate of drug-likeness (QED) is 0.707. The third-order valence-corrected chi connectivity index (χ3v) is 5.04. The second kappa shape index (κ2) is 6.77. The van der Waals surface area contributed by atoms with E-state index < -0.39 is 17.7 Å². The second-order valence-electron chi connectivity index (χ2n) is 6.19. The number of amides is 3. The van der Waals surface area contributed by atoms with Crippen LogP contribution in [0.3, 0.4) is 0 Å².